The van der Waals surface area contributed by atoms with Crippen molar-refractivity contribution < 1.29 is 52.6 Å². The fourth-order valence-corrected chi connectivity index (χ4v) is 10.4. The van der Waals surface area contributed by atoms with Gasteiger partial charge in [-0.2, -0.15) is 0 Å². The Bertz CT molecular complexity index is 2200. The summed E-state index contributed by atoms with van der Waals surface area (Å²) in [7, 11) is 5.07. The van der Waals surface area contributed by atoms with Crippen LogP contribution >= 0.6 is 0 Å². The number of primary amides is 1. The molecule has 5 N–H and O–H groups in total. The lowest BCUT2D eigenvalue weighted by Crippen LogP contribution is -2.54. The average molecular weight is 1180 g/mol. The Morgan fingerprint density at radius 3 is 2.00 bits per heavy atom. The molecule has 0 aromatic heterocycles. The highest BCUT2D eigenvalue weighted by Crippen LogP contribution is 2.32. The number of unbranched alkanes of at least 4 members (excludes halogenated alkanes) is 2. The Morgan fingerprint density at radius 2 is 1.50 bits per heavy atom. The van der Waals surface area contributed by atoms with Gasteiger partial charge in [0.25, 0.3) is 0 Å². The van der Waals surface area contributed by atoms with Crippen LogP contribution < -0.4 is 21.9 Å². The first kappa shape index (κ1) is 78.4. The van der Waals surface area contributed by atoms with Crippen molar-refractivity contribution in [1.29, 1.82) is 0 Å². The van der Waals surface area contributed by atoms with Gasteiger partial charge in [0, 0.05) is 53.2 Å². The van der Waals surface area contributed by atoms with Gasteiger partial charge in [0.2, 0.25) is 41.4 Å². The van der Waals surface area contributed by atoms with Gasteiger partial charge in [0.05, 0.1) is 54.7 Å². The number of hydrogen-bond acceptors (Lipinski definition) is 12. The van der Waals surface area contributed by atoms with Crippen LogP contribution in [0.4, 0.5) is 0 Å². The second-order valence-electron chi connectivity index (χ2n) is 23.5. The zero-order chi connectivity index (χ0) is 64.1. The maximum absolute atomic E-state index is 12.9. The molecule has 0 spiro atoms. The predicted molar refractivity (Wildman–Crippen MR) is 336 cm³/mol. The maximum atomic E-state index is 12.9. The van der Waals surface area contributed by atoms with Crippen molar-refractivity contribution in [2.75, 3.05) is 54.1 Å². The Kier molecular flexibility index (Phi) is 40.3. The molecule has 0 saturated carbocycles. The maximum Gasteiger partial charge on any atom is 0.238 e. The van der Waals surface area contributed by atoms with Crippen LogP contribution in [-0.4, -0.2) is 146 Å². The van der Waals surface area contributed by atoms with Gasteiger partial charge in [-0.1, -0.05) is 157 Å². The summed E-state index contributed by atoms with van der Waals surface area (Å²) in [5.74, 6) is -1.17. The zero-order valence-corrected chi connectivity index (χ0v) is 54.8. The van der Waals surface area contributed by atoms with Crippen molar-refractivity contribution in [2.45, 2.75) is 211 Å². The number of likely N-dealkylation sites (N-methyl/N-ethyl adjacent to an activating group) is 1. The van der Waals surface area contributed by atoms with E-state index in [-0.39, 0.29) is 90.6 Å². The van der Waals surface area contributed by atoms with Gasteiger partial charge in [-0.15, -0.1) is 0 Å². The average Bonchev–Trinajstić information content (AvgIpc) is 4.15. The second kappa shape index (κ2) is 43.1. The van der Waals surface area contributed by atoms with Crippen molar-refractivity contribution in [1.82, 2.24) is 30.9 Å². The van der Waals surface area contributed by atoms with Crippen LogP contribution in [0.1, 0.15) is 180 Å². The van der Waals surface area contributed by atoms with Crippen molar-refractivity contribution in [3.63, 3.8) is 0 Å². The van der Waals surface area contributed by atoms with Gasteiger partial charge in [0.15, 0.2) is 5.78 Å². The molecule has 478 valence electrons. The largest absolute Gasteiger partial charge is 0.381 e. The minimum absolute atomic E-state index is 0.00561. The molecule has 2 heterocycles. The molecule has 0 bridgehead atoms. The summed E-state index contributed by atoms with van der Waals surface area (Å²) in [5.41, 5.74) is 12.2. The lowest BCUT2D eigenvalue weighted by atomic mass is 9.87. The topological polar surface area (TPSA) is 236 Å². The summed E-state index contributed by atoms with van der Waals surface area (Å²) in [6, 6.07) is 9.43. The summed E-state index contributed by atoms with van der Waals surface area (Å²) in [6.07, 6.45) is 15.7. The molecule has 84 heavy (non-hydrogen) atoms. The molecule has 2 fully saturated rings. The molecule has 7 amide bonds. The Morgan fingerprint density at radius 1 is 0.881 bits per heavy atom. The molecule has 0 radical (unpaired) electrons. The number of hydrogen-bond donors (Lipinski definition) is 4. The van der Waals surface area contributed by atoms with Crippen LogP contribution in [0.15, 0.2) is 66.8 Å². The number of ether oxygens (including phenoxy) is 3. The van der Waals surface area contributed by atoms with Crippen LogP contribution in [-0.2, 0) is 59.0 Å². The van der Waals surface area contributed by atoms with Gasteiger partial charge in [-0.3, -0.25) is 59.0 Å². The number of nitrogens with zero attached hydrogens (tertiary/aromatic N) is 3. The first-order valence-corrected chi connectivity index (χ1v) is 30.9. The molecule has 3 rings (SSSR count). The van der Waals surface area contributed by atoms with Crippen LogP contribution in [0, 0.1) is 35.0 Å². The van der Waals surface area contributed by atoms with Gasteiger partial charge < -0.3 is 30.2 Å². The number of allylic oxidation sites excluding steroid dienone is 3. The van der Waals surface area contributed by atoms with Crippen LogP contribution in [0.2, 0.25) is 0 Å². The molecular weight excluding hydrogens is 1070 g/mol. The van der Waals surface area contributed by atoms with Gasteiger partial charge in [-0.05, 0) is 107 Å². The number of benzene rings is 1. The SMILES string of the molecule is C=C/C=C(\C=C/C)COCCCc1ccccc1.CC.CC(=O)[C@@H](NC(=O)C(C(C)C)N(C)CCCC(=O)NNC(=O)CCCCCN1C(=O)CC(C)(C)C1=O)C(C)C.CCC(C)C(C)C(CC(=O)N1CCCC1C(OC)C(C)C(N)=O)OC. The number of nitrogens with one attached hydrogen (secondary N) is 3. The first-order valence-electron chi connectivity index (χ1n) is 30.9. The molecule has 7 unspecified atom stereocenters. The highest BCUT2D eigenvalue weighted by atomic mass is 16.5. The van der Waals surface area contributed by atoms with E-state index >= 15 is 0 Å². The number of ketones is 1. The summed E-state index contributed by atoms with van der Waals surface area (Å²) in [4.78, 5) is 103. The van der Waals surface area contributed by atoms with E-state index in [0.29, 0.717) is 70.2 Å². The van der Waals surface area contributed by atoms with E-state index in [1.54, 1.807) is 41.1 Å². The van der Waals surface area contributed by atoms with Crippen LogP contribution in [0.3, 0.4) is 0 Å². The van der Waals surface area contributed by atoms with E-state index in [0.717, 1.165) is 44.3 Å². The molecule has 8 atom stereocenters. The summed E-state index contributed by atoms with van der Waals surface area (Å²) in [6.45, 7) is 33.6. The number of hydrazine groups is 1. The van der Waals surface area contributed by atoms with Crippen molar-refractivity contribution in [3.8, 4) is 0 Å². The van der Waals surface area contributed by atoms with Crippen molar-refractivity contribution in [3.05, 3.63) is 72.4 Å². The fraction of sp³-hybridized carbons (Fsp3) is 0.697. The summed E-state index contributed by atoms with van der Waals surface area (Å²) in [5, 5.41) is 2.87. The number of likely N-dealkylation sites (tertiary alicyclic amines) is 2. The van der Waals surface area contributed by atoms with Gasteiger partial charge in [-0.25, -0.2) is 0 Å². The highest BCUT2D eigenvalue weighted by molar-refractivity contribution is 6.05. The van der Waals surface area contributed by atoms with E-state index in [2.05, 4.69) is 73.9 Å². The standard InChI is InChI=1S/C28H49N5O6.C19H36N2O4.C17H22O.C2H6/c1-18(2)24(20(5)34)29-26(38)25(19(3)4)32(8)15-12-14-22(36)31-30-21(35)13-10-9-11-16-33-23(37)17-28(6,7)27(33)39;1-7-12(2)13(3)16(24-5)11-17(22)21-10-8-9-15(21)18(25-6)14(4)19(20)23;1-3-9-17(10-4-2)15-18-14-8-13-16-11-6-5-7-12-16;1-2/h18-19,24-25H,9-17H2,1-8H3,(H,29,38)(H,30,35)(H,31,36);12-16,18H,7-11H2,1-6H3,(H2,20,23);3-7,9-12H,1,8,13-15H2,2H3;1-2H3/b;;10-4-,17-9+;/t24-,25?;;;/m0.../s1. The molecule has 18 heteroatoms. The van der Waals surface area contributed by atoms with Crippen molar-refractivity contribution in [2.24, 2.45) is 40.7 Å². The lowest BCUT2D eigenvalue weighted by molar-refractivity contribution is -0.142. The third kappa shape index (κ3) is 29.0. The van der Waals surface area contributed by atoms with E-state index in [9.17, 15) is 38.4 Å². The number of carbonyl (C=O) groups excluding carboxylic acids is 8. The zero-order valence-electron chi connectivity index (χ0n) is 54.8. The number of nitrogens with two attached hydrogens (primary N) is 1. The predicted octanol–water partition coefficient (Wildman–Crippen LogP) is 9.50. The summed E-state index contributed by atoms with van der Waals surface area (Å²) >= 11 is 0. The number of Topliss-reactive ketones (excluding diaryl/α,β-unsaturated/α-hetero) is 1. The van der Waals surface area contributed by atoms with E-state index in [1.165, 1.54) is 17.4 Å². The number of rotatable bonds is 34. The Labute approximate surface area is 506 Å². The number of imide groups is 1. The number of carbonyl (C=O) groups is 8. The number of amides is 7. The Hall–Kier alpha value is -5.56. The Balaban J connectivity index is 0.00000131. The molecule has 18 nitrogen and oxygen atoms in total. The molecule has 0 aliphatic carbocycles. The summed E-state index contributed by atoms with van der Waals surface area (Å²) < 4.78 is 16.8. The minimum atomic E-state index is -0.636. The second-order valence-corrected chi connectivity index (χ2v) is 23.5. The van der Waals surface area contributed by atoms with Gasteiger partial charge in [0.1, 0.15) is 0 Å². The number of aryl methyl sites for hydroxylation is 1. The first-order chi connectivity index (χ1) is 39.7. The minimum Gasteiger partial charge on any atom is -0.381 e. The molecule has 1 aromatic rings. The van der Waals surface area contributed by atoms with Crippen LogP contribution in [0.5, 0.6) is 0 Å². The molecular formula is C66H113N7O11. The van der Waals surface area contributed by atoms with Crippen molar-refractivity contribution >= 4 is 47.1 Å². The van der Waals surface area contributed by atoms with Gasteiger partial charge >= 0.3 is 0 Å². The monoisotopic (exact) mass is 1180 g/mol. The molecule has 2 aliphatic rings. The molecule has 1 aromatic carbocycles. The van der Waals surface area contributed by atoms with E-state index in [1.807, 2.05) is 83.5 Å². The van der Waals surface area contributed by atoms with E-state index < -0.39 is 29.3 Å². The third-order valence-electron chi connectivity index (χ3n) is 15.6. The van der Waals surface area contributed by atoms with Crippen LogP contribution in [0.25, 0.3) is 0 Å². The highest BCUT2D eigenvalue weighted by Gasteiger charge is 2.44. The fourth-order valence-electron chi connectivity index (χ4n) is 10.4. The quantitative estimate of drug-likeness (QED) is 0.0219. The number of methoxy groups -OCH3 is 2. The normalized spacial score (nSPS) is 17.4. The lowest BCUT2D eigenvalue weighted by Gasteiger charge is -2.35. The molecule has 2 aliphatic heterocycles. The molecule has 2 saturated heterocycles. The van der Waals surface area contributed by atoms with E-state index in [4.69, 9.17) is 19.9 Å². The smallest absolute Gasteiger partial charge is 0.238 e. The third-order valence-corrected chi connectivity index (χ3v) is 15.6.